The number of benzene rings is 1. The third-order valence-electron chi connectivity index (χ3n) is 6.35. The average molecular weight is 401 g/mol. The van der Waals surface area contributed by atoms with E-state index in [9.17, 15) is 10.1 Å². The fourth-order valence-corrected chi connectivity index (χ4v) is 4.42. The monoisotopic (exact) mass is 400 g/mol. The molecule has 0 spiro atoms. The van der Waals surface area contributed by atoms with Gasteiger partial charge in [0.1, 0.15) is 6.04 Å². The molecule has 2 fully saturated rings. The van der Waals surface area contributed by atoms with E-state index >= 15 is 0 Å². The second-order valence-corrected chi connectivity index (χ2v) is 8.05. The Bertz CT molecular complexity index is 744. The highest BCUT2D eigenvalue weighted by molar-refractivity contribution is 5.75. The molecule has 1 atom stereocenters. The minimum atomic E-state index is -0.578. The van der Waals surface area contributed by atoms with Crippen LogP contribution >= 0.6 is 0 Å². The van der Waals surface area contributed by atoms with Gasteiger partial charge in [0.15, 0.2) is 11.5 Å². The molecule has 1 saturated heterocycles. The minimum absolute atomic E-state index is 0.200. The highest BCUT2D eigenvalue weighted by Crippen LogP contribution is 2.40. The molecule has 3 rings (SSSR count). The molecule has 0 amide bonds. The third kappa shape index (κ3) is 4.67. The Balaban J connectivity index is 1.76. The first kappa shape index (κ1) is 21.4. The van der Waals surface area contributed by atoms with E-state index in [0.29, 0.717) is 38.3 Å². The summed E-state index contributed by atoms with van der Waals surface area (Å²) in [5.41, 5.74) is 0.391. The van der Waals surface area contributed by atoms with Crippen molar-refractivity contribution in [3.05, 3.63) is 23.8 Å². The molecule has 29 heavy (non-hydrogen) atoms. The van der Waals surface area contributed by atoms with E-state index in [1.165, 1.54) is 12.8 Å². The molecule has 2 aliphatic rings. The minimum Gasteiger partial charge on any atom is -0.493 e. The number of rotatable bonds is 7. The van der Waals surface area contributed by atoms with Crippen molar-refractivity contribution in [3.63, 3.8) is 0 Å². The smallest absolute Gasteiger partial charge is 0.323 e. The zero-order valence-corrected chi connectivity index (χ0v) is 17.8. The van der Waals surface area contributed by atoms with E-state index in [1.807, 2.05) is 32.0 Å². The van der Waals surface area contributed by atoms with Gasteiger partial charge in [0.05, 0.1) is 31.3 Å². The van der Waals surface area contributed by atoms with Gasteiger partial charge < -0.3 is 14.2 Å². The zero-order chi connectivity index (χ0) is 20.9. The summed E-state index contributed by atoms with van der Waals surface area (Å²) in [4.78, 5) is 14.2. The van der Waals surface area contributed by atoms with Crippen LogP contribution in [0, 0.1) is 11.3 Å². The number of nitriles is 1. The molecule has 0 radical (unpaired) electrons. The molecule has 0 bridgehead atoms. The number of methoxy groups -OCH3 is 1. The largest absolute Gasteiger partial charge is 0.493 e. The van der Waals surface area contributed by atoms with Gasteiger partial charge in [-0.25, -0.2) is 0 Å². The van der Waals surface area contributed by atoms with Gasteiger partial charge in [0, 0.05) is 13.1 Å². The number of hydrogen-bond donors (Lipinski definition) is 0. The Morgan fingerprint density at radius 3 is 2.55 bits per heavy atom. The Hall–Kier alpha value is -2.26. The van der Waals surface area contributed by atoms with Crippen molar-refractivity contribution in [2.24, 2.45) is 0 Å². The second-order valence-electron chi connectivity index (χ2n) is 8.05. The van der Waals surface area contributed by atoms with E-state index in [2.05, 4.69) is 11.0 Å². The normalized spacial score (nSPS) is 20.6. The molecular weight excluding hydrogens is 368 g/mol. The van der Waals surface area contributed by atoms with E-state index < -0.39 is 5.41 Å². The van der Waals surface area contributed by atoms with Crippen molar-refractivity contribution < 1.29 is 19.0 Å². The van der Waals surface area contributed by atoms with Crippen LogP contribution in [0.3, 0.4) is 0 Å². The lowest BCUT2D eigenvalue weighted by molar-refractivity contribution is -0.149. The number of piperidine rings is 1. The Morgan fingerprint density at radius 2 is 1.97 bits per heavy atom. The van der Waals surface area contributed by atoms with Crippen molar-refractivity contribution >= 4 is 5.97 Å². The van der Waals surface area contributed by atoms with Gasteiger partial charge in [0.25, 0.3) is 0 Å². The van der Waals surface area contributed by atoms with E-state index in [1.54, 1.807) is 7.11 Å². The first-order valence-corrected chi connectivity index (χ1v) is 10.7. The van der Waals surface area contributed by atoms with Gasteiger partial charge in [-0.3, -0.25) is 9.69 Å². The lowest BCUT2D eigenvalue weighted by Gasteiger charge is -2.39. The molecule has 1 saturated carbocycles. The zero-order valence-electron chi connectivity index (χ0n) is 17.8. The SMILES string of the molecule is CCOC(=O)C(C)N1CCC(C#N)(c2ccc(OC)c(OC3CCCC3)c2)CC1. The summed E-state index contributed by atoms with van der Waals surface area (Å²) >= 11 is 0. The summed E-state index contributed by atoms with van der Waals surface area (Å²) in [5, 5.41) is 10.1. The summed E-state index contributed by atoms with van der Waals surface area (Å²) in [6.45, 7) is 5.43. The number of nitrogens with zero attached hydrogens (tertiary/aromatic N) is 2. The fourth-order valence-electron chi connectivity index (χ4n) is 4.42. The summed E-state index contributed by atoms with van der Waals surface area (Å²) in [7, 11) is 1.64. The van der Waals surface area contributed by atoms with Crippen LogP contribution in [-0.4, -0.2) is 49.8 Å². The maximum Gasteiger partial charge on any atom is 0.323 e. The Labute approximate surface area is 173 Å². The van der Waals surface area contributed by atoms with Gasteiger partial charge in [-0.1, -0.05) is 6.07 Å². The molecule has 0 aromatic heterocycles. The maximum atomic E-state index is 12.1. The number of hydrogen-bond acceptors (Lipinski definition) is 6. The molecule has 1 aromatic carbocycles. The van der Waals surface area contributed by atoms with Gasteiger partial charge in [-0.05, 0) is 70.1 Å². The van der Waals surface area contributed by atoms with E-state index in [0.717, 1.165) is 24.2 Å². The maximum absolute atomic E-state index is 12.1. The summed E-state index contributed by atoms with van der Waals surface area (Å²) in [6.07, 6.45) is 6.09. The number of ether oxygens (including phenoxy) is 3. The van der Waals surface area contributed by atoms with Crippen molar-refractivity contribution in [2.75, 3.05) is 26.8 Å². The number of carbonyl (C=O) groups is 1. The summed E-state index contributed by atoms with van der Waals surface area (Å²) in [6, 6.07) is 8.16. The molecule has 1 aliphatic carbocycles. The highest BCUT2D eigenvalue weighted by atomic mass is 16.5. The van der Waals surface area contributed by atoms with Gasteiger partial charge >= 0.3 is 5.97 Å². The van der Waals surface area contributed by atoms with Crippen molar-refractivity contribution in [3.8, 4) is 17.6 Å². The predicted octanol–water partition coefficient (Wildman–Crippen LogP) is 3.83. The Kier molecular flexibility index (Phi) is 7.02. The standard InChI is InChI=1S/C23H32N2O4/c1-4-28-22(26)17(2)25-13-11-23(16-24,12-14-25)18-9-10-20(27-3)21(15-18)29-19-7-5-6-8-19/h9-10,15,17,19H,4-8,11-14H2,1-3H3. The third-order valence-corrected chi connectivity index (χ3v) is 6.35. The first-order chi connectivity index (χ1) is 14.0. The van der Waals surface area contributed by atoms with Crippen LogP contribution in [0.15, 0.2) is 18.2 Å². The van der Waals surface area contributed by atoms with Gasteiger partial charge in [-0.15, -0.1) is 0 Å². The van der Waals surface area contributed by atoms with Crippen LogP contribution in [0.2, 0.25) is 0 Å². The van der Waals surface area contributed by atoms with Crippen molar-refractivity contribution in [1.29, 1.82) is 5.26 Å². The van der Waals surface area contributed by atoms with E-state index in [-0.39, 0.29) is 18.1 Å². The molecule has 0 N–H and O–H groups in total. The number of carbonyl (C=O) groups excluding carboxylic acids is 1. The lowest BCUT2D eigenvalue weighted by atomic mass is 9.73. The van der Waals surface area contributed by atoms with Crippen LogP contribution in [0.1, 0.15) is 57.9 Å². The molecule has 1 unspecified atom stereocenters. The molecule has 1 aromatic rings. The average Bonchev–Trinajstić information content (AvgIpc) is 3.26. The number of likely N-dealkylation sites (tertiary alicyclic amines) is 1. The molecule has 1 heterocycles. The molecule has 6 heteroatoms. The topological polar surface area (TPSA) is 71.8 Å². The van der Waals surface area contributed by atoms with E-state index in [4.69, 9.17) is 14.2 Å². The van der Waals surface area contributed by atoms with Crippen molar-refractivity contribution in [1.82, 2.24) is 4.90 Å². The summed E-state index contributed by atoms with van der Waals surface area (Å²) < 4.78 is 16.9. The molecule has 6 nitrogen and oxygen atoms in total. The predicted molar refractivity (Wildman–Crippen MR) is 110 cm³/mol. The van der Waals surface area contributed by atoms with Crippen LogP contribution < -0.4 is 9.47 Å². The quantitative estimate of drug-likeness (QED) is 0.648. The first-order valence-electron chi connectivity index (χ1n) is 10.7. The highest BCUT2D eigenvalue weighted by Gasteiger charge is 2.39. The molecule has 1 aliphatic heterocycles. The van der Waals surface area contributed by atoms with Crippen LogP contribution in [-0.2, 0) is 14.9 Å². The fraction of sp³-hybridized carbons (Fsp3) is 0.652. The van der Waals surface area contributed by atoms with Gasteiger partial charge in [-0.2, -0.15) is 5.26 Å². The molecular formula is C23H32N2O4. The van der Waals surface area contributed by atoms with Crippen LogP contribution in [0.25, 0.3) is 0 Å². The second kappa shape index (κ2) is 9.49. The van der Waals surface area contributed by atoms with Crippen molar-refractivity contribution in [2.45, 2.75) is 69.9 Å². The summed E-state index contributed by atoms with van der Waals surface area (Å²) in [5.74, 6) is 1.24. The molecule has 158 valence electrons. The van der Waals surface area contributed by atoms with Gasteiger partial charge in [0.2, 0.25) is 0 Å². The lowest BCUT2D eigenvalue weighted by Crippen LogP contribution is -2.48. The number of esters is 1. The van der Waals surface area contributed by atoms with Crippen LogP contribution in [0.5, 0.6) is 11.5 Å². The van der Waals surface area contributed by atoms with Crippen LogP contribution in [0.4, 0.5) is 0 Å². The Morgan fingerprint density at radius 1 is 1.28 bits per heavy atom.